The van der Waals surface area contributed by atoms with Gasteiger partial charge in [0, 0.05) is 5.92 Å². The van der Waals surface area contributed by atoms with E-state index in [4.69, 9.17) is 4.52 Å². The van der Waals surface area contributed by atoms with Gasteiger partial charge in [-0.2, -0.15) is 4.98 Å². The number of nitrogens with one attached hydrogen (secondary N) is 1. The molecule has 1 aromatic heterocycles. The zero-order valence-electron chi connectivity index (χ0n) is 10.8. The number of nitrogens with zero attached hydrogens (tertiary/aromatic N) is 2. The first-order valence-electron chi connectivity index (χ1n) is 6.46. The second-order valence-corrected chi connectivity index (χ2v) is 6.04. The highest BCUT2D eigenvalue weighted by molar-refractivity contribution is 8.00. The number of carbonyl (C=O) groups is 1. The number of aromatic nitrogens is 2. The molecule has 1 amide bonds. The van der Waals surface area contributed by atoms with Crippen molar-refractivity contribution >= 4 is 23.7 Å². The SMILES string of the molecule is CCCCS[C@H](C)C(=O)Nc1nc(C2CC2)no1. The summed E-state index contributed by atoms with van der Waals surface area (Å²) in [5, 5.41) is 6.44. The first-order valence-corrected chi connectivity index (χ1v) is 7.51. The van der Waals surface area contributed by atoms with Gasteiger partial charge >= 0.3 is 6.01 Å². The van der Waals surface area contributed by atoms with Gasteiger partial charge in [-0.1, -0.05) is 18.5 Å². The normalized spacial score (nSPS) is 16.6. The summed E-state index contributed by atoms with van der Waals surface area (Å²) in [4.78, 5) is 16.0. The molecule has 0 unspecified atom stereocenters. The summed E-state index contributed by atoms with van der Waals surface area (Å²) in [6.07, 6.45) is 4.52. The third-order valence-corrected chi connectivity index (χ3v) is 4.09. The molecule has 2 rings (SSSR count). The molecule has 0 spiro atoms. The maximum Gasteiger partial charge on any atom is 0.328 e. The number of unbranched alkanes of at least 4 members (excludes halogenated alkanes) is 1. The van der Waals surface area contributed by atoms with Crippen molar-refractivity contribution in [2.75, 3.05) is 11.1 Å². The summed E-state index contributed by atoms with van der Waals surface area (Å²) >= 11 is 1.65. The van der Waals surface area contributed by atoms with Gasteiger partial charge in [0.05, 0.1) is 5.25 Å². The Balaban J connectivity index is 1.78. The Labute approximate surface area is 111 Å². The van der Waals surface area contributed by atoms with E-state index in [2.05, 4.69) is 22.4 Å². The summed E-state index contributed by atoms with van der Waals surface area (Å²) in [5.41, 5.74) is 0. The van der Waals surface area contributed by atoms with E-state index in [1.807, 2.05) is 6.92 Å². The van der Waals surface area contributed by atoms with E-state index >= 15 is 0 Å². The topological polar surface area (TPSA) is 68.0 Å². The lowest BCUT2D eigenvalue weighted by Gasteiger charge is -2.08. The Kier molecular flexibility index (Phi) is 4.63. The second kappa shape index (κ2) is 6.22. The van der Waals surface area contributed by atoms with Gasteiger partial charge in [-0.25, -0.2) is 0 Å². The fourth-order valence-corrected chi connectivity index (χ4v) is 2.50. The van der Waals surface area contributed by atoms with Gasteiger partial charge in [0.1, 0.15) is 0 Å². The van der Waals surface area contributed by atoms with Crippen molar-refractivity contribution in [3.05, 3.63) is 5.82 Å². The Bertz CT molecular complexity index is 404. The molecule has 0 saturated heterocycles. The molecule has 1 fully saturated rings. The first-order chi connectivity index (χ1) is 8.70. The molecule has 1 atom stereocenters. The van der Waals surface area contributed by atoms with Crippen molar-refractivity contribution in [3.8, 4) is 0 Å². The molecular formula is C12H19N3O2S. The van der Waals surface area contributed by atoms with Crippen molar-refractivity contribution in [3.63, 3.8) is 0 Å². The minimum atomic E-state index is -0.0900. The van der Waals surface area contributed by atoms with Crippen molar-refractivity contribution in [1.29, 1.82) is 0 Å². The number of carbonyl (C=O) groups excluding carboxylic acids is 1. The molecular weight excluding hydrogens is 250 g/mol. The van der Waals surface area contributed by atoms with Crippen LogP contribution in [0.3, 0.4) is 0 Å². The van der Waals surface area contributed by atoms with E-state index in [0.717, 1.165) is 37.3 Å². The van der Waals surface area contributed by atoms with Gasteiger partial charge in [0.25, 0.3) is 0 Å². The van der Waals surface area contributed by atoms with Crippen LogP contribution in [-0.2, 0) is 4.79 Å². The van der Waals surface area contributed by atoms with E-state index in [1.54, 1.807) is 11.8 Å². The van der Waals surface area contributed by atoms with Gasteiger partial charge in [-0.05, 0) is 31.9 Å². The molecule has 100 valence electrons. The molecule has 1 saturated carbocycles. The number of hydrogen-bond donors (Lipinski definition) is 1. The van der Waals surface area contributed by atoms with E-state index in [0.29, 0.717) is 5.92 Å². The predicted molar refractivity (Wildman–Crippen MR) is 71.7 cm³/mol. The van der Waals surface area contributed by atoms with E-state index in [-0.39, 0.29) is 17.2 Å². The van der Waals surface area contributed by atoms with E-state index in [9.17, 15) is 4.79 Å². The lowest BCUT2D eigenvalue weighted by atomic mass is 10.4. The number of hydrogen-bond acceptors (Lipinski definition) is 5. The van der Waals surface area contributed by atoms with Gasteiger partial charge in [-0.15, -0.1) is 11.8 Å². The van der Waals surface area contributed by atoms with Gasteiger partial charge < -0.3 is 4.52 Å². The summed E-state index contributed by atoms with van der Waals surface area (Å²) < 4.78 is 5.01. The Hall–Kier alpha value is -1.04. The Morgan fingerprint density at radius 3 is 3.06 bits per heavy atom. The molecule has 0 radical (unpaired) electrons. The largest absolute Gasteiger partial charge is 0.328 e. The number of amides is 1. The van der Waals surface area contributed by atoms with Crippen LogP contribution in [0, 0.1) is 0 Å². The Morgan fingerprint density at radius 1 is 1.61 bits per heavy atom. The maximum absolute atomic E-state index is 11.8. The number of anilines is 1. The lowest BCUT2D eigenvalue weighted by molar-refractivity contribution is -0.115. The van der Waals surface area contributed by atoms with E-state index in [1.165, 1.54) is 0 Å². The molecule has 1 aliphatic carbocycles. The van der Waals surface area contributed by atoms with Crippen LogP contribution in [0.2, 0.25) is 0 Å². The minimum Gasteiger partial charge on any atom is -0.315 e. The van der Waals surface area contributed by atoms with Crippen molar-refractivity contribution < 1.29 is 9.32 Å². The molecule has 18 heavy (non-hydrogen) atoms. The molecule has 1 aromatic rings. The highest BCUT2D eigenvalue weighted by Crippen LogP contribution is 2.38. The van der Waals surface area contributed by atoms with Crippen LogP contribution in [0.1, 0.15) is 51.3 Å². The standard InChI is InChI=1S/C12H19N3O2S/c1-3-4-7-18-8(2)11(16)14-12-13-10(15-17-12)9-5-6-9/h8-9H,3-7H2,1-2H3,(H,13,14,15,16)/t8-/m1/s1. The van der Waals surface area contributed by atoms with Crippen LogP contribution in [0.5, 0.6) is 0 Å². The zero-order chi connectivity index (χ0) is 13.0. The van der Waals surface area contributed by atoms with Crippen LogP contribution in [-0.4, -0.2) is 27.1 Å². The average molecular weight is 269 g/mol. The quantitative estimate of drug-likeness (QED) is 0.771. The fraction of sp³-hybridized carbons (Fsp3) is 0.750. The van der Waals surface area contributed by atoms with Crippen LogP contribution < -0.4 is 5.32 Å². The third kappa shape index (κ3) is 3.73. The van der Waals surface area contributed by atoms with Crippen molar-refractivity contribution in [1.82, 2.24) is 10.1 Å². The number of rotatable bonds is 7. The average Bonchev–Trinajstić information content (AvgIpc) is 3.11. The highest BCUT2D eigenvalue weighted by Gasteiger charge is 2.29. The smallest absolute Gasteiger partial charge is 0.315 e. The van der Waals surface area contributed by atoms with Crippen molar-refractivity contribution in [2.24, 2.45) is 0 Å². The molecule has 0 bridgehead atoms. The molecule has 6 heteroatoms. The van der Waals surface area contributed by atoms with Crippen LogP contribution >= 0.6 is 11.8 Å². The van der Waals surface area contributed by atoms with Crippen LogP contribution in [0.15, 0.2) is 4.52 Å². The van der Waals surface area contributed by atoms with E-state index < -0.39 is 0 Å². The Morgan fingerprint density at radius 2 is 2.39 bits per heavy atom. The molecule has 0 aliphatic heterocycles. The molecule has 5 nitrogen and oxygen atoms in total. The predicted octanol–water partition coefficient (Wildman–Crippen LogP) is 2.81. The van der Waals surface area contributed by atoms with Gasteiger partial charge in [-0.3, -0.25) is 10.1 Å². The molecule has 0 aromatic carbocycles. The number of thioether (sulfide) groups is 1. The van der Waals surface area contributed by atoms with Gasteiger partial charge in [0.2, 0.25) is 5.91 Å². The minimum absolute atomic E-state index is 0.0675. The molecule has 1 heterocycles. The summed E-state index contributed by atoms with van der Waals surface area (Å²) in [6, 6.07) is 0.227. The second-order valence-electron chi connectivity index (χ2n) is 4.59. The molecule has 1 aliphatic rings. The van der Waals surface area contributed by atoms with Gasteiger partial charge in [0.15, 0.2) is 5.82 Å². The van der Waals surface area contributed by atoms with Crippen LogP contribution in [0.4, 0.5) is 6.01 Å². The first kappa shape index (κ1) is 13.4. The summed E-state index contributed by atoms with van der Waals surface area (Å²) in [7, 11) is 0. The maximum atomic E-state index is 11.8. The lowest BCUT2D eigenvalue weighted by Crippen LogP contribution is -2.23. The summed E-state index contributed by atoms with van der Waals surface area (Å²) in [6.45, 7) is 4.04. The molecule has 1 N–H and O–H groups in total. The third-order valence-electron chi connectivity index (χ3n) is 2.85. The van der Waals surface area contributed by atoms with Crippen LogP contribution in [0.25, 0.3) is 0 Å². The van der Waals surface area contributed by atoms with Crippen molar-refractivity contribution in [2.45, 2.75) is 50.7 Å². The zero-order valence-corrected chi connectivity index (χ0v) is 11.6. The fourth-order valence-electron chi connectivity index (χ4n) is 1.48. The highest BCUT2D eigenvalue weighted by atomic mass is 32.2. The summed E-state index contributed by atoms with van der Waals surface area (Å²) in [5.74, 6) is 2.09. The monoisotopic (exact) mass is 269 g/mol.